The van der Waals surface area contributed by atoms with Crippen LogP contribution in [0.3, 0.4) is 0 Å². The maximum Gasteiger partial charge on any atom is 0.261 e. The minimum absolute atomic E-state index is 0.00905. The lowest BCUT2D eigenvalue weighted by Crippen LogP contribution is -2.51. The summed E-state index contributed by atoms with van der Waals surface area (Å²) < 4.78 is 0. The Bertz CT molecular complexity index is 855. The van der Waals surface area contributed by atoms with Crippen LogP contribution in [-0.4, -0.2) is 65.9 Å². The molecule has 2 heterocycles. The van der Waals surface area contributed by atoms with Gasteiger partial charge in [-0.1, -0.05) is 30.3 Å². The molecule has 2 amide bonds. The van der Waals surface area contributed by atoms with Gasteiger partial charge in [-0.05, 0) is 24.6 Å². The third kappa shape index (κ3) is 4.62. The van der Waals surface area contributed by atoms with Crippen LogP contribution in [0.5, 0.6) is 0 Å². The number of aromatic amines is 1. The zero-order valence-electron chi connectivity index (χ0n) is 15.4. The summed E-state index contributed by atoms with van der Waals surface area (Å²) in [6, 6.07) is 12.9. The molecule has 0 aliphatic carbocycles. The molecule has 142 valence electrons. The first kappa shape index (κ1) is 18.8. The number of nitrogens with zero attached hydrogens (tertiary/aromatic N) is 2. The molecule has 27 heavy (non-hydrogen) atoms. The van der Waals surface area contributed by atoms with E-state index in [-0.39, 0.29) is 22.9 Å². The van der Waals surface area contributed by atoms with Crippen molar-refractivity contribution < 1.29 is 9.59 Å². The van der Waals surface area contributed by atoms with Gasteiger partial charge in [-0.25, -0.2) is 0 Å². The fourth-order valence-electron chi connectivity index (χ4n) is 3.16. The van der Waals surface area contributed by atoms with E-state index in [1.54, 1.807) is 17.0 Å². The molecule has 0 unspecified atom stereocenters. The van der Waals surface area contributed by atoms with E-state index in [0.717, 1.165) is 5.56 Å². The highest BCUT2D eigenvalue weighted by Gasteiger charge is 2.24. The monoisotopic (exact) mass is 368 g/mol. The Kier molecular flexibility index (Phi) is 6.03. The Morgan fingerprint density at radius 1 is 1.04 bits per heavy atom. The predicted octanol–water partition coefficient (Wildman–Crippen LogP) is 0.936. The second kappa shape index (κ2) is 8.64. The highest BCUT2D eigenvalue weighted by Crippen LogP contribution is 2.15. The SMILES string of the molecule is CCNC(=O)CN1CCN(C(=O)c2ccc(-c3ccccc3)[nH]c2=O)CC1. The van der Waals surface area contributed by atoms with Crippen molar-refractivity contribution in [3.63, 3.8) is 0 Å². The molecule has 0 saturated carbocycles. The topological polar surface area (TPSA) is 85.5 Å². The first-order valence-corrected chi connectivity index (χ1v) is 9.15. The van der Waals surface area contributed by atoms with Gasteiger partial charge < -0.3 is 15.2 Å². The Morgan fingerprint density at radius 3 is 2.37 bits per heavy atom. The number of piperazine rings is 1. The number of amides is 2. The van der Waals surface area contributed by atoms with Crippen molar-refractivity contribution in [1.82, 2.24) is 20.1 Å². The van der Waals surface area contributed by atoms with Crippen LogP contribution in [0, 0.1) is 0 Å². The molecule has 1 aromatic heterocycles. The van der Waals surface area contributed by atoms with Gasteiger partial charge >= 0.3 is 0 Å². The molecule has 0 radical (unpaired) electrons. The van der Waals surface area contributed by atoms with Crippen LogP contribution < -0.4 is 10.9 Å². The average Bonchev–Trinajstić information content (AvgIpc) is 2.69. The predicted molar refractivity (Wildman–Crippen MR) is 104 cm³/mol. The highest BCUT2D eigenvalue weighted by atomic mass is 16.2. The number of rotatable bonds is 5. The molecule has 0 bridgehead atoms. The quantitative estimate of drug-likeness (QED) is 0.822. The Labute approximate surface area is 158 Å². The molecule has 2 aromatic rings. The van der Waals surface area contributed by atoms with Crippen LogP contribution in [0.1, 0.15) is 17.3 Å². The van der Waals surface area contributed by atoms with Crippen molar-refractivity contribution in [1.29, 1.82) is 0 Å². The molecule has 1 aliphatic rings. The Balaban J connectivity index is 1.63. The van der Waals surface area contributed by atoms with Gasteiger partial charge in [0.2, 0.25) is 5.91 Å². The number of hydrogen-bond acceptors (Lipinski definition) is 4. The van der Waals surface area contributed by atoms with Gasteiger partial charge in [-0.3, -0.25) is 19.3 Å². The molecule has 7 heteroatoms. The zero-order valence-corrected chi connectivity index (χ0v) is 15.4. The summed E-state index contributed by atoms with van der Waals surface area (Å²) >= 11 is 0. The second-order valence-corrected chi connectivity index (χ2v) is 6.50. The summed E-state index contributed by atoms with van der Waals surface area (Å²) in [5, 5.41) is 2.77. The smallest absolute Gasteiger partial charge is 0.261 e. The molecule has 1 aliphatic heterocycles. The highest BCUT2D eigenvalue weighted by molar-refractivity contribution is 5.94. The van der Waals surface area contributed by atoms with Crippen molar-refractivity contribution in [2.75, 3.05) is 39.3 Å². The second-order valence-electron chi connectivity index (χ2n) is 6.50. The van der Waals surface area contributed by atoms with Crippen LogP contribution in [0.15, 0.2) is 47.3 Å². The Hall–Kier alpha value is -2.93. The summed E-state index contributed by atoms with van der Waals surface area (Å²) in [6.07, 6.45) is 0. The minimum Gasteiger partial charge on any atom is -0.355 e. The summed E-state index contributed by atoms with van der Waals surface area (Å²) in [5.41, 5.74) is 1.34. The van der Waals surface area contributed by atoms with Crippen molar-refractivity contribution in [3.8, 4) is 11.3 Å². The molecule has 0 spiro atoms. The molecular formula is C20H24N4O3. The summed E-state index contributed by atoms with van der Waals surface area (Å²) in [5.74, 6) is -0.279. The number of H-pyrrole nitrogens is 1. The number of likely N-dealkylation sites (N-methyl/N-ethyl adjacent to an activating group) is 1. The van der Waals surface area contributed by atoms with E-state index in [1.165, 1.54) is 0 Å². The number of benzene rings is 1. The molecule has 3 rings (SSSR count). The summed E-state index contributed by atoms with van der Waals surface area (Å²) in [4.78, 5) is 43.3. The lowest BCUT2D eigenvalue weighted by Gasteiger charge is -2.34. The normalized spacial score (nSPS) is 14.8. The standard InChI is InChI=1S/C20H24N4O3/c1-2-21-18(25)14-23-10-12-24(13-11-23)20(27)16-8-9-17(22-19(16)26)15-6-4-3-5-7-15/h3-9H,2,10-14H2,1H3,(H,21,25)(H,22,26). The van der Waals surface area contributed by atoms with Crippen molar-refractivity contribution >= 4 is 11.8 Å². The zero-order chi connectivity index (χ0) is 19.2. The summed E-state index contributed by atoms with van der Waals surface area (Å²) in [6.45, 7) is 5.05. The molecule has 7 nitrogen and oxygen atoms in total. The van der Waals surface area contributed by atoms with Crippen LogP contribution >= 0.6 is 0 Å². The van der Waals surface area contributed by atoms with Crippen LogP contribution in [0.2, 0.25) is 0 Å². The lowest BCUT2D eigenvalue weighted by molar-refractivity contribution is -0.122. The molecule has 1 aromatic carbocycles. The average molecular weight is 368 g/mol. The largest absolute Gasteiger partial charge is 0.355 e. The van der Waals surface area contributed by atoms with Gasteiger partial charge in [0.05, 0.1) is 6.54 Å². The van der Waals surface area contributed by atoms with Crippen LogP contribution in [0.4, 0.5) is 0 Å². The molecule has 2 N–H and O–H groups in total. The van der Waals surface area contributed by atoms with Crippen molar-refractivity contribution in [2.45, 2.75) is 6.92 Å². The van der Waals surface area contributed by atoms with Crippen LogP contribution in [-0.2, 0) is 4.79 Å². The first-order chi connectivity index (χ1) is 13.1. The minimum atomic E-state index is -0.383. The van der Waals surface area contributed by atoms with E-state index in [4.69, 9.17) is 0 Å². The maximum absolute atomic E-state index is 12.7. The number of aromatic nitrogens is 1. The van der Waals surface area contributed by atoms with Crippen molar-refractivity contribution in [2.24, 2.45) is 0 Å². The van der Waals surface area contributed by atoms with Gasteiger partial charge in [-0.2, -0.15) is 0 Å². The van der Waals surface area contributed by atoms with E-state index >= 15 is 0 Å². The van der Waals surface area contributed by atoms with E-state index in [2.05, 4.69) is 10.3 Å². The van der Waals surface area contributed by atoms with Gasteiger partial charge in [0.25, 0.3) is 11.5 Å². The third-order valence-electron chi connectivity index (χ3n) is 4.63. The van der Waals surface area contributed by atoms with Crippen molar-refractivity contribution in [3.05, 3.63) is 58.4 Å². The maximum atomic E-state index is 12.7. The van der Waals surface area contributed by atoms with E-state index in [0.29, 0.717) is 45.0 Å². The van der Waals surface area contributed by atoms with Crippen LogP contribution in [0.25, 0.3) is 11.3 Å². The van der Waals surface area contributed by atoms with E-state index in [9.17, 15) is 14.4 Å². The summed E-state index contributed by atoms with van der Waals surface area (Å²) in [7, 11) is 0. The molecule has 1 saturated heterocycles. The molecule has 0 atom stereocenters. The van der Waals surface area contributed by atoms with Gasteiger partial charge in [-0.15, -0.1) is 0 Å². The Morgan fingerprint density at radius 2 is 1.74 bits per heavy atom. The number of pyridine rings is 1. The number of hydrogen-bond donors (Lipinski definition) is 2. The molecular weight excluding hydrogens is 344 g/mol. The van der Waals surface area contributed by atoms with Gasteiger partial charge in [0, 0.05) is 38.4 Å². The van der Waals surface area contributed by atoms with E-state index < -0.39 is 0 Å². The van der Waals surface area contributed by atoms with Gasteiger partial charge in [0.15, 0.2) is 0 Å². The fourth-order valence-corrected chi connectivity index (χ4v) is 3.16. The number of carbonyl (C=O) groups excluding carboxylic acids is 2. The molecule has 1 fully saturated rings. The number of carbonyl (C=O) groups is 2. The first-order valence-electron chi connectivity index (χ1n) is 9.15. The number of nitrogens with one attached hydrogen (secondary N) is 2. The van der Waals surface area contributed by atoms with Gasteiger partial charge in [0.1, 0.15) is 5.56 Å². The lowest BCUT2D eigenvalue weighted by atomic mass is 10.1. The fraction of sp³-hybridized carbons (Fsp3) is 0.350. The third-order valence-corrected chi connectivity index (χ3v) is 4.63. The van der Waals surface area contributed by atoms with E-state index in [1.807, 2.05) is 42.2 Å².